The van der Waals surface area contributed by atoms with E-state index in [9.17, 15) is 4.79 Å². The van der Waals surface area contributed by atoms with Crippen molar-refractivity contribution in [3.63, 3.8) is 0 Å². The highest BCUT2D eigenvalue weighted by atomic mass is 16.1. The van der Waals surface area contributed by atoms with Gasteiger partial charge in [0.2, 0.25) is 5.91 Å². The molecule has 0 aliphatic heterocycles. The zero-order valence-corrected chi connectivity index (χ0v) is 12.1. The van der Waals surface area contributed by atoms with E-state index in [2.05, 4.69) is 5.32 Å². The molecule has 0 atom stereocenters. The van der Waals surface area contributed by atoms with E-state index in [4.69, 9.17) is 0 Å². The van der Waals surface area contributed by atoms with Gasteiger partial charge in [0, 0.05) is 11.8 Å². The third-order valence-electron chi connectivity index (χ3n) is 3.16. The normalized spacial score (nSPS) is 10.8. The second-order valence-corrected chi connectivity index (χ2v) is 5.05. The van der Waals surface area contributed by atoms with E-state index >= 15 is 0 Å². The van der Waals surface area contributed by atoms with Gasteiger partial charge in [0.25, 0.3) is 0 Å². The number of amides is 1. The standard InChI is InChI=1S/C18H19NO/c1-13-5-8-16(9-6-13)10-11-18(20)19-17-12-14(2)4-7-15(17)3/h4-12H,1-3H3,(H,19,20)/b11-10+. The van der Waals surface area contributed by atoms with Crippen molar-refractivity contribution in [2.24, 2.45) is 0 Å². The van der Waals surface area contributed by atoms with Crippen LogP contribution >= 0.6 is 0 Å². The lowest BCUT2D eigenvalue weighted by atomic mass is 10.1. The van der Waals surface area contributed by atoms with E-state index in [-0.39, 0.29) is 5.91 Å². The Bertz CT molecular complexity index is 639. The van der Waals surface area contributed by atoms with Gasteiger partial charge in [0.1, 0.15) is 0 Å². The maximum Gasteiger partial charge on any atom is 0.248 e. The average molecular weight is 265 g/mol. The maximum absolute atomic E-state index is 11.9. The Morgan fingerprint density at radius 3 is 2.30 bits per heavy atom. The highest BCUT2D eigenvalue weighted by Gasteiger charge is 2.01. The Morgan fingerprint density at radius 1 is 0.950 bits per heavy atom. The van der Waals surface area contributed by atoms with Crippen molar-refractivity contribution in [2.75, 3.05) is 5.32 Å². The Kier molecular flexibility index (Phi) is 4.36. The summed E-state index contributed by atoms with van der Waals surface area (Å²) in [6.07, 6.45) is 3.38. The molecule has 102 valence electrons. The molecule has 2 heteroatoms. The van der Waals surface area contributed by atoms with Crippen molar-refractivity contribution in [1.82, 2.24) is 0 Å². The summed E-state index contributed by atoms with van der Waals surface area (Å²) in [5.41, 5.74) is 5.29. The number of rotatable bonds is 3. The summed E-state index contributed by atoms with van der Waals surface area (Å²) in [7, 11) is 0. The minimum Gasteiger partial charge on any atom is -0.322 e. The molecule has 2 rings (SSSR count). The second-order valence-electron chi connectivity index (χ2n) is 5.05. The second kappa shape index (κ2) is 6.20. The fraction of sp³-hybridized carbons (Fsp3) is 0.167. The lowest BCUT2D eigenvalue weighted by Crippen LogP contribution is -2.09. The van der Waals surface area contributed by atoms with Gasteiger partial charge < -0.3 is 5.32 Å². The molecule has 2 aromatic rings. The van der Waals surface area contributed by atoms with Crippen LogP contribution in [0, 0.1) is 20.8 Å². The molecule has 0 unspecified atom stereocenters. The lowest BCUT2D eigenvalue weighted by molar-refractivity contribution is -0.111. The van der Waals surface area contributed by atoms with Crippen molar-refractivity contribution in [2.45, 2.75) is 20.8 Å². The summed E-state index contributed by atoms with van der Waals surface area (Å²) in [6.45, 7) is 6.04. The molecule has 20 heavy (non-hydrogen) atoms. The molecule has 0 saturated carbocycles. The molecule has 0 aliphatic rings. The molecule has 1 N–H and O–H groups in total. The van der Waals surface area contributed by atoms with Gasteiger partial charge in [-0.15, -0.1) is 0 Å². The highest BCUT2D eigenvalue weighted by molar-refractivity contribution is 6.02. The van der Waals surface area contributed by atoms with E-state index in [1.54, 1.807) is 6.08 Å². The van der Waals surface area contributed by atoms with Crippen molar-refractivity contribution in [1.29, 1.82) is 0 Å². The molecule has 0 bridgehead atoms. The van der Waals surface area contributed by atoms with E-state index < -0.39 is 0 Å². The van der Waals surface area contributed by atoms with Gasteiger partial charge in [-0.25, -0.2) is 0 Å². The first kappa shape index (κ1) is 14.1. The van der Waals surface area contributed by atoms with Crippen LogP contribution < -0.4 is 5.32 Å². The molecule has 0 radical (unpaired) electrons. The van der Waals surface area contributed by atoms with Gasteiger partial charge in [-0.05, 0) is 49.6 Å². The third kappa shape index (κ3) is 3.82. The summed E-state index contributed by atoms with van der Waals surface area (Å²) >= 11 is 0. The van der Waals surface area contributed by atoms with Gasteiger partial charge in [0.15, 0.2) is 0 Å². The molecule has 0 saturated heterocycles. The molecule has 0 aromatic heterocycles. The zero-order valence-electron chi connectivity index (χ0n) is 12.1. The predicted octanol–water partition coefficient (Wildman–Crippen LogP) is 4.26. The first-order chi connectivity index (χ1) is 9.54. The minimum absolute atomic E-state index is 0.112. The van der Waals surface area contributed by atoms with Crippen LogP contribution in [0.15, 0.2) is 48.5 Å². The summed E-state index contributed by atoms with van der Waals surface area (Å²) in [6, 6.07) is 14.1. The molecule has 2 nitrogen and oxygen atoms in total. The molecular formula is C18H19NO. The number of hydrogen-bond acceptors (Lipinski definition) is 1. The minimum atomic E-state index is -0.112. The lowest BCUT2D eigenvalue weighted by Gasteiger charge is -2.07. The Labute approximate surface area is 120 Å². The fourth-order valence-electron chi connectivity index (χ4n) is 1.89. The van der Waals surface area contributed by atoms with Gasteiger partial charge in [-0.1, -0.05) is 42.0 Å². The maximum atomic E-state index is 11.9. The number of aryl methyl sites for hydroxylation is 3. The fourth-order valence-corrected chi connectivity index (χ4v) is 1.89. The van der Waals surface area contributed by atoms with Crippen molar-refractivity contribution >= 4 is 17.7 Å². The van der Waals surface area contributed by atoms with Crippen LogP contribution in [-0.4, -0.2) is 5.91 Å². The van der Waals surface area contributed by atoms with Crippen LogP contribution in [0.5, 0.6) is 0 Å². The van der Waals surface area contributed by atoms with Crippen LogP contribution in [0.2, 0.25) is 0 Å². The number of carbonyl (C=O) groups is 1. The van der Waals surface area contributed by atoms with Gasteiger partial charge in [0.05, 0.1) is 0 Å². The van der Waals surface area contributed by atoms with Crippen molar-refractivity contribution < 1.29 is 4.79 Å². The molecular weight excluding hydrogens is 246 g/mol. The predicted molar refractivity (Wildman–Crippen MR) is 84.8 cm³/mol. The van der Waals surface area contributed by atoms with Crippen molar-refractivity contribution in [3.05, 3.63) is 70.8 Å². The number of benzene rings is 2. The average Bonchev–Trinajstić information content (AvgIpc) is 2.42. The van der Waals surface area contributed by atoms with Crippen LogP contribution in [0.1, 0.15) is 22.3 Å². The molecule has 0 fully saturated rings. The Hall–Kier alpha value is -2.35. The summed E-state index contributed by atoms with van der Waals surface area (Å²) in [4.78, 5) is 11.9. The summed E-state index contributed by atoms with van der Waals surface area (Å²) in [5.74, 6) is -0.112. The Balaban J connectivity index is 2.05. The quantitative estimate of drug-likeness (QED) is 0.825. The highest BCUT2D eigenvalue weighted by Crippen LogP contribution is 2.16. The van der Waals surface area contributed by atoms with Gasteiger partial charge in [-0.3, -0.25) is 4.79 Å². The van der Waals surface area contributed by atoms with Crippen molar-refractivity contribution in [3.8, 4) is 0 Å². The first-order valence-electron chi connectivity index (χ1n) is 6.67. The number of anilines is 1. The number of hydrogen-bond donors (Lipinski definition) is 1. The first-order valence-corrected chi connectivity index (χ1v) is 6.67. The summed E-state index contributed by atoms with van der Waals surface area (Å²) < 4.78 is 0. The van der Waals surface area contributed by atoms with Gasteiger partial charge >= 0.3 is 0 Å². The van der Waals surface area contributed by atoms with E-state index in [0.29, 0.717) is 0 Å². The topological polar surface area (TPSA) is 29.1 Å². The Morgan fingerprint density at radius 2 is 1.60 bits per heavy atom. The van der Waals surface area contributed by atoms with E-state index in [1.165, 1.54) is 5.56 Å². The van der Waals surface area contributed by atoms with E-state index in [0.717, 1.165) is 22.4 Å². The molecule has 0 spiro atoms. The molecule has 0 aliphatic carbocycles. The van der Waals surface area contributed by atoms with Crippen LogP contribution in [-0.2, 0) is 4.79 Å². The largest absolute Gasteiger partial charge is 0.322 e. The molecule has 1 amide bonds. The smallest absolute Gasteiger partial charge is 0.248 e. The number of nitrogens with one attached hydrogen (secondary N) is 1. The van der Waals surface area contributed by atoms with Crippen LogP contribution in [0.3, 0.4) is 0 Å². The van der Waals surface area contributed by atoms with Crippen LogP contribution in [0.4, 0.5) is 5.69 Å². The number of carbonyl (C=O) groups excluding carboxylic acids is 1. The van der Waals surface area contributed by atoms with E-state index in [1.807, 2.05) is 69.3 Å². The molecule has 0 heterocycles. The monoisotopic (exact) mass is 265 g/mol. The molecule has 2 aromatic carbocycles. The van der Waals surface area contributed by atoms with Gasteiger partial charge in [-0.2, -0.15) is 0 Å². The summed E-state index contributed by atoms with van der Waals surface area (Å²) in [5, 5.41) is 2.91. The zero-order chi connectivity index (χ0) is 14.5. The third-order valence-corrected chi connectivity index (χ3v) is 3.16. The van der Waals surface area contributed by atoms with Crippen LogP contribution in [0.25, 0.3) is 6.08 Å². The SMILES string of the molecule is Cc1ccc(/C=C/C(=O)Nc2cc(C)ccc2C)cc1.